The summed E-state index contributed by atoms with van der Waals surface area (Å²) >= 11 is 0. The molecule has 0 aliphatic heterocycles. The topological polar surface area (TPSA) is 483 Å². The van der Waals surface area contributed by atoms with E-state index in [0.29, 0.717) is 60.9 Å². The van der Waals surface area contributed by atoms with Gasteiger partial charge in [0.15, 0.2) is 5.96 Å². The van der Waals surface area contributed by atoms with Gasteiger partial charge >= 0.3 is 0 Å². The van der Waals surface area contributed by atoms with Crippen molar-refractivity contribution < 1.29 is 48.3 Å². The number of hydrogen-bond donors (Lipinski definition) is 17. The number of aliphatic hydroxyl groups is 1. The minimum Gasteiger partial charge on any atom is -0.394 e. The first-order valence-electron chi connectivity index (χ1n) is 30.4. The number of rotatable bonds is 40. The number of fused-ring (bicyclic) bond motifs is 1. The van der Waals surface area contributed by atoms with Gasteiger partial charge in [-0.05, 0) is 93.1 Å². The molecule has 0 bridgehead atoms. The van der Waals surface area contributed by atoms with Gasteiger partial charge in [0.05, 0.1) is 19.0 Å². The lowest BCUT2D eigenvalue weighted by Crippen LogP contribution is -2.62. The molecule has 0 aliphatic carbocycles. The third-order valence-electron chi connectivity index (χ3n) is 15.3. The van der Waals surface area contributed by atoms with Crippen LogP contribution in [-0.4, -0.2) is 160 Å². The van der Waals surface area contributed by atoms with Crippen LogP contribution in [0.25, 0.3) is 10.9 Å². The highest BCUT2D eigenvalue weighted by atomic mass is 16.3. The third kappa shape index (κ3) is 23.4. The van der Waals surface area contributed by atoms with E-state index in [4.69, 9.17) is 34.4 Å². The number of hydrogen-bond acceptors (Lipinski definition) is 15. The van der Waals surface area contributed by atoms with Crippen LogP contribution in [0, 0.1) is 5.92 Å². The molecule has 10 atom stereocenters. The summed E-state index contributed by atoms with van der Waals surface area (Å²) in [6.07, 6.45) is 6.93. The van der Waals surface area contributed by atoms with Gasteiger partial charge in [0.1, 0.15) is 48.3 Å². The van der Waals surface area contributed by atoms with Gasteiger partial charge in [-0.15, -0.1) is 0 Å². The number of nitrogens with two attached hydrogens (primary N) is 6. The Balaban J connectivity index is 1.43. The number of H-pyrrole nitrogens is 2. The van der Waals surface area contributed by atoms with Crippen LogP contribution in [0.1, 0.15) is 94.0 Å². The van der Waals surface area contributed by atoms with Crippen molar-refractivity contribution in [2.45, 2.75) is 152 Å². The number of primary amides is 1. The first-order valence-corrected chi connectivity index (χ1v) is 30.4. The summed E-state index contributed by atoms with van der Waals surface area (Å²) in [6, 6.07) is 13.3. The van der Waals surface area contributed by atoms with Crippen molar-refractivity contribution in [3.8, 4) is 0 Å². The van der Waals surface area contributed by atoms with Gasteiger partial charge in [0.25, 0.3) is 0 Å². The number of amides is 9. The molecule has 0 fully saturated rings. The highest BCUT2D eigenvalue weighted by Gasteiger charge is 2.37. The quantitative estimate of drug-likeness (QED) is 0.0117. The number of nitrogens with one attached hydrogen (secondary N) is 10. The summed E-state index contributed by atoms with van der Waals surface area (Å²) in [7, 11) is 0. The highest BCUT2D eigenvalue weighted by molar-refractivity contribution is 5.99. The summed E-state index contributed by atoms with van der Waals surface area (Å²) in [6.45, 7) is 3.53. The van der Waals surface area contributed by atoms with Crippen LogP contribution in [0.2, 0.25) is 0 Å². The largest absolute Gasteiger partial charge is 0.394 e. The Morgan fingerprint density at radius 3 is 1.50 bits per heavy atom. The molecule has 0 saturated carbocycles. The van der Waals surface area contributed by atoms with Gasteiger partial charge in [-0.2, -0.15) is 0 Å². The highest BCUT2D eigenvalue weighted by Crippen LogP contribution is 2.20. The number of aliphatic hydroxyl groups excluding tert-OH is 1. The van der Waals surface area contributed by atoms with E-state index in [-0.39, 0.29) is 70.5 Å². The van der Waals surface area contributed by atoms with E-state index in [1.807, 2.05) is 31.2 Å². The van der Waals surface area contributed by atoms with Gasteiger partial charge in [0, 0.05) is 61.2 Å². The van der Waals surface area contributed by atoms with Crippen LogP contribution in [0.3, 0.4) is 0 Å². The van der Waals surface area contributed by atoms with Crippen molar-refractivity contribution >= 4 is 70.0 Å². The number of guanidine groups is 1. The summed E-state index contributed by atoms with van der Waals surface area (Å²) in [4.78, 5) is 142. The Bertz CT molecular complexity index is 3130. The van der Waals surface area contributed by atoms with E-state index in [1.165, 1.54) is 12.5 Å². The van der Waals surface area contributed by atoms with Crippen LogP contribution >= 0.6 is 0 Å². The maximum Gasteiger partial charge on any atom is 0.243 e. The summed E-state index contributed by atoms with van der Waals surface area (Å²) in [5.41, 5.74) is 37.3. The van der Waals surface area contributed by atoms with Crippen molar-refractivity contribution in [1.29, 1.82) is 0 Å². The molecule has 28 heteroatoms. The molecule has 3 aromatic carbocycles. The van der Waals surface area contributed by atoms with Crippen molar-refractivity contribution in [3.63, 3.8) is 0 Å². The number of aromatic amines is 2. The second-order valence-corrected chi connectivity index (χ2v) is 22.2. The van der Waals surface area contributed by atoms with E-state index >= 15 is 0 Å². The second kappa shape index (κ2) is 37.6. The molecule has 23 N–H and O–H groups in total. The second-order valence-electron chi connectivity index (χ2n) is 22.2. The lowest BCUT2D eigenvalue weighted by molar-refractivity contribution is -0.136. The van der Waals surface area contributed by atoms with Crippen molar-refractivity contribution in [3.05, 3.63) is 126 Å². The average molecular weight is 1250 g/mol. The zero-order chi connectivity index (χ0) is 65.5. The molecule has 9 amide bonds. The number of unbranched alkanes of at least 4 members (excludes halogenated alkanes) is 2. The van der Waals surface area contributed by atoms with Crippen LogP contribution in [0.15, 0.2) is 109 Å². The molecule has 0 unspecified atom stereocenters. The minimum atomic E-state index is -1.44. The summed E-state index contributed by atoms with van der Waals surface area (Å²) in [5.74, 6) is -7.79. The summed E-state index contributed by atoms with van der Waals surface area (Å²) in [5, 5.41) is 32.5. The van der Waals surface area contributed by atoms with Gasteiger partial charge in [-0.3, -0.25) is 48.1 Å². The molecule has 2 aromatic heterocycles. The predicted molar refractivity (Wildman–Crippen MR) is 339 cm³/mol. The fraction of sp³-hybridized carbons (Fsp3) is 0.468. The van der Waals surface area contributed by atoms with Gasteiger partial charge in [0.2, 0.25) is 53.2 Å². The number of para-hydroxylation sites is 1. The lowest BCUT2D eigenvalue weighted by Gasteiger charge is -2.30. The van der Waals surface area contributed by atoms with E-state index < -0.39 is 120 Å². The number of nitrogens with zero attached hydrogens (tertiary/aromatic N) is 2. The van der Waals surface area contributed by atoms with E-state index in [1.54, 1.807) is 73.8 Å². The number of aromatic nitrogens is 3. The number of carbonyl (C=O) groups excluding carboxylic acids is 9. The number of benzene rings is 3. The molecule has 2 heterocycles. The number of carbonyl (C=O) groups is 9. The van der Waals surface area contributed by atoms with E-state index in [2.05, 4.69) is 62.5 Å². The molecule has 5 aromatic rings. The van der Waals surface area contributed by atoms with Gasteiger partial charge < -0.3 is 92.0 Å². The maximum absolute atomic E-state index is 15.0. The molecule has 5 rings (SSSR count). The Hall–Kier alpha value is -9.25. The fourth-order valence-electron chi connectivity index (χ4n) is 9.91. The number of imidazole rings is 1. The van der Waals surface area contributed by atoms with E-state index in [0.717, 1.165) is 10.9 Å². The van der Waals surface area contributed by atoms with Crippen LogP contribution in [-0.2, 0) is 68.8 Å². The molecule has 0 spiro atoms. The van der Waals surface area contributed by atoms with E-state index in [9.17, 15) is 48.3 Å². The molecular formula is C62H90N18O10. The molecule has 0 radical (unpaired) electrons. The van der Waals surface area contributed by atoms with Crippen molar-refractivity contribution in [1.82, 2.24) is 57.5 Å². The zero-order valence-electron chi connectivity index (χ0n) is 51.1. The Labute approximate surface area is 523 Å². The first-order chi connectivity index (χ1) is 43.2. The normalized spacial score (nSPS) is 14.5. The van der Waals surface area contributed by atoms with Crippen molar-refractivity contribution in [2.75, 3.05) is 26.2 Å². The molecule has 488 valence electrons. The van der Waals surface area contributed by atoms with Crippen molar-refractivity contribution in [2.24, 2.45) is 45.3 Å². The predicted octanol–water partition coefficient (Wildman–Crippen LogP) is -1.80. The monoisotopic (exact) mass is 1250 g/mol. The Morgan fingerprint density at radius 1 is 0.533 bits per heavy atom. The first kappa shape index (κ1) is 71.5. The van der Waals surface area contributed by atoms with Gasteiger partial charge in [-0.25, -0.2) is 4.98 Å². The summed E-state index contributed by atoms with van der Waals surface area (Å²) < 4.78 is 0. The lowest BCUT2D eigenvalue weighted by atomic mass is 9.96. The molecule has 0 saturated heterocycles. The minimum absolute atomic E-state index is 0.00972. The maximum atomic E-state index is 15.0. The standard InChI is InChI=1S/C62H90N18O10/c1-3-37(2)52(80-60(89)48(30-39-19-8-5-9-20-39)76-58(87)49(31-40-33-71-44-23-11-10-21-42(40)44)75-54(83)43(65)22-16-28-70-62(67)68)61(90)78-47(29-38-17-6-4-7-18-38)57(86)77-50(32-41-34-69-36-72-41)59(88)74-45(24-12-14-26-63)55(84)73-46(25-13-15-27-64)56(85)79-51(35-81)53(66)82/h4-11,17-21,23,33-34,36-37,43,45-52,71,81H,3,12-16,22,24-32,35,63-65H2,1-2H3,(H2,66,82)(H,69,72)(H,73,84)(H,74,88)(H,75,83)(H,76,87)(H,77,86)(H,78,90)(H,79,85)(H,80,89)(H4,67,68,70)/t37-,43-,45-,46-,47+,48+,49+,50-,51-,52-/m0/s1. The van der Waals surface area contributed by atoms with Crippen LogP contribution < -0.4 is 76.9 Å². The zero-order valence-corrected chi connectivity index (χ0v) is 51.1. The number of aliphatic imine (C=N–C) groups is 1. The Morgan fingerprint density at radius 2 is 1.00 bits per heavy atom. The fourth-order valence-corrected chi connectivity index (χ4v) is 9.91. The molecule has 28 nitrogen and oxygen atoms in total. The molecule has 90 heavy (non-hydrogen) atoms. The SMILES string of the molecule is CC[C@H](C)[C@H](NC(=O)[C@@H](Cc1ccccc1)NC(=O)[C@@H](Cc1c[nH]c2ccccc12)NC(=O)[C@@H](N)CCCN=C(N)N)C(=O)N[C@H](Cc1ccccc1)C(=O)N[C@@H](Cc1cnc[nH]1)C(=O)N[C@@H](CCCCN)C(=O)N[C@@H](CCCCN)C(=O)N[C@@H](CO)C(N)=O. The smallest absolute Gasteiger partial charge is 0.243 e. The third-order valence-corrected chi connectivity index (χ3v) is 15.3. The Kier molecular flexibility index (Phi) is 29.8. The van der Waals surface area contributed by atoms with Crippen LogP contribution in [0.5, 0.6) is 0 Å². The van der Waals surface area contributed by atoms with Crippen LogP contribution in [0.4, 0.5) is 0 Å². The average Bonchev–Trinajstić information content (AvgIpc) is 2.08. The molecule has 0 aliphatic rings. The van der Waals surface area contributed by atoms with Gasteiger partial charge in [-0.1, -0.05) is 99.1 Å². The molecular weight excluding hydrogens is 1160 g/mol.